The van der Waals surface area contributed by atoms with E-state index in [4.69, 9.17) is 21.1 Å². The quantitative estimate of drug-likeness (QED) is 0.423. The van der Waals surface area contributed by atoms with E-state index in [1.165, 1.54) is 19.2 Å². The molecular formula is C31H29ClF3N3O3. The lowest BCUT2D eigenvalue weighted by Crippen LogP contribution is -2.48. The molecule has 2 saturated heterocycles. The number of carbonyl (C=O) groups is 1. The molecule has 0 radical (unpaired) electrons. The summed E-state index contributed by atoms with van der Waals surface area (Å²) in [4.78, 5) is 14.8. The Morgan fingerprint density at radius 1 is 1.17 bits per heavy atom. The van der Waals surface area contributed by atoms with Crippen molar-refractivity contribution in [1.82, 2.24) is 10.6 Å². The number of fused-ring (bicyclic) bond motifs is 4. The van der Waals surface area contributed by atoms with E-state index in [9.17, 15) is 9.18 Å². The summed E-state index contributed by atoms with van der Waals surface area (Å²) in [6, 6.07) is 12.0. The fraction of sp³-hybridized carbons (Fsp3) is 0.387. The van der Waals surface area contributed by atoms with Crippen LogP contribution in [0.2, 0.25) is 5.02 Å². The molecule has 0 spiro atoms. The van der Waals surface area contributed by atoms with Gasteiger partial charge in [-0.1, -0.05) is 41.9 Å². The van der Waals surface area contributed by atoms with E-state index in [1.807, 2.05) is 30.3 Å². The molecule has 0 aromatic heterocycles. The maximum atomic E-state index is 16.9. The third kappa shape index (κ3) is 4.00. The van der Waals surface area contributed by atoms with Crippen LogP contribution in [0.25, 0.3) is 11.1 Å². The normalized spacial score (nSPS) is 26.2. The van der Waals surface area contributed by atoms with Crippen molar-refractivity contribution in [2.75, 3.05) is 31.6 Å². The zero-order chi connectivity index (χ0) is 28.5. The molecule has 3 aromatic rings. The number of nitrogens with one attached hydrogen (secondary N) is 2. The zero-order valence-electron chi connectivity index (χ0n) is 22.4. The number of anilines is 1. The van der Waals surface area contributed by atoms with Crippen molar-refractivity contribution < 1.29 is 27.4 Å². The molecule has 4 aliphatic rings. The summed E-state index contributed by atoms with van der Waals surface area (Å²) in [5.74, 6) is -1.78. The molecule has 3 aromatic carbocycles. The van der Waals surface area contributed by atoms with Crippen molar-refractivity contribution in [2.24, 2.45) is 0 Å². The molecule has 7 rings (SSSR count). The lowest BCUT2D eigenvalue weighted by Gasteiger charge is -2.35. The van der Waals surface area contributed by atoms with Gasteiger partial charge in [0.1, 0.15) is 35.8 Å². The van der Waals surface area contributed by atoms with E-state index in [2.05, 4.69) is 10.6 Å². The highest BCUT2D eigenvalue weighted by Gasteiger charge is 2.50. The fourth-order valence-electron chi connectivity index (χ4n) is 7.05. The van der Waals surface area contributed by atoms with Crippen molar-refractivity contribution >= 4 is 23.2 Å². The van der Waals surface area contributed by atoms with Crippen molar-refractivity contribution in [3.8, 4) is 22.6 Å². The number of hydrogen-bond donors (Lipinski definition) is 2. The molecule has 4 aliphatic heterocycles. The molecule has 1 amide bonds. The van der Waals surface area contributed by atoms with Crippen molar-refractivity contribution in [1.29, 1.82) is 0 Å². The Kier molecular flexibility index (Phi) is 6.35. The minimum absolute atomic E-state index is 0.000718. The van der Waals surface area contributed by atoms with Crippen molar-refractivity contribution in [2.45, 2.75) is 49.5 Å². The van der Waals surface area contributed by atoms with Crippen LogP contribution < -0.4 is 25.0 Å². The van der Waals surface area contributed by atoms with Gasteiger partial charge in [0.05, 0.1) is 22.7 Å². The molecule has 0 aliphatic carbocycles. The zero-order valence-corrected chi connectivity index (χ0v) is 23.2. The average molecular weight is 584 g/mol. The number of carbonyl (C=O) groups excluding carboxylic acids is 1. The SMILES string of the molecule is CNC(=O)c1cc2c(c(F)c1-c1c(Cl)c(F)cc3c1C[C@](c1ccccc1)([C@@H]1CCCN1)O3)N1C[C@@H](F)CC1CO2. The van der Waals surface area contributed by atoms with E-state index in [0.29, 0.717) is 5.56 Å². The summed E-state index contributed by atoms with van der Waals surface area (Å²) in [6.45, 7) is 0.990. The summed E-state index contributed by atoms with van der Waals surface area (Å²) in [5.41, 5.74) is 0.438. The van der Waals surface area contributed by atoms with Gasteiger partial charge in [0.15, 0.2) is 11.4 Å². The first-order chi connectivity index (χ1) is 19.8. The second-order valence-corrected chi connectivity index (χ2v) is 11.6. The Labute approximate surface area is 240 Å². The molecule has 10 heteroatoms. The minimum atomic E-state index is -1.14. The highest BCUT2D eigenvalue weighted by molar-refractivity contribution is 6.34. The molecule has 6 nitrogen and oxygen atoms in total. The Morgan fingerprint density at radius 2 is 1.98 bits per heavy atom. The lowest BCUT2D eigenvalue weighted by molar-refractivity contribution is 0.0539. The monoisotopic (exact) mass is 583 g/mol. The summed E-state index contributed by atoms with van der Waals surface area (Å²) in [6.07, 6.45) is 1.13. The van der Waals surface area contributed by atoms with Crippen LogP contribution in [-0.2, 0) is 12.0 Å². The largest absolute Gasteiger partial charge is 0.489 e. The molecule has 4 heterocycles. The molecule has 4 atom stereocenters. The number of rotatable bonds is 4. The number of amides is 1. The molecule has 214 valence electrons. The first-order valence-electron chi connectivity index (χ1n) is 13.9. The van der Waals surface area contributed by atoms with Gasteiger partial charge in [-0.3, -0.25) is 4.79 Å². The van der Waals surface area contributed by atoms with Gasteiger partial charge in [-0.25, -0.2) is 13.2 Å². The van der Waals surface area contributed by atoms with Gasteiger partial charge in [0, 0.05) is 49.2 Å². The molecule has 2 N–H and O–H groups in total. The van der Waals surface area contributed by atoms with E-state index in [-0.39, 0.29) is 77.0 Å². The molecule has 0 bridgehead atoms. The molecule has 0 saturated carbocycles. The minimum Gasteiger partial charge on any atom is -0.489 e. The first-order valence-corrected chi connectivity index (χ1v) is 14.3. The van der Waals surface area contributed by atoms with Gasteiger partial charge < -0.3 is 25.0 Å². The Bertz CT molecular complexity index is 1550. The van der Waals surface area contributed by atoms with Crippen LogP contribution >= 0.6 is 11.6 Å². The number of nitrogens with zero attached hydrogens (tertiary/aromatic N) is 1. The third-order valence-electron chi connectivity index (χ3n) is 8.91. The second kappa shape index (κ2) is 9.84. The standard InChI is InChI=1S/C31H29ClF3N3O3/c1-36-30(39)19-11-23-29(38-14-17(33)10-18(38)15-40-23)28(35)26(19)25-20-13-31(24-8-5-9-37-24,16-6-3-2-4-7-16)41-22(20)12-21(34)27(25)32/h2-4,6-7,11-12,17-18,24,37H,5,8-10,13-15H2,1H3,(H,36,39)/t17-,18?,24-,31-/m0/s1. The fourth-order valence-corrected chi connectivity index (χ4v) is 7.31. The molecule has 41 heavy (non-hydrogen) atoms. The van der Waals surface area contributed by atoms with E-state index in [1.54, 1.807) is 4.90 Å². The Morgan fingerprint density at radius 3 is 2.71 bits per heavy atom. The number of alkyl halides is 1. The predicted molar refractivity (Wildman–Crippen MR) is 150 cm³/mol. The van der Waals surface area contributed by atoms with Crippen LogP contribution in [0, 0.1) is 11.6 Å². The van der Waals surface area contributed by atoms with E-state index < -0.39 is 29.3 Å². The van der Waals surface area contributed by atoms with Crippen LogP contribution in [0.3, 0.4) is 0 Å². The first kappa shape index (κ1) is 26.5. The lowest BCUT2D eigenvalue weighted by atomic mass is 9.80. The summed E-state index contributed by atoms with van der Waals surface area (Å²) >= 11 is 6.67. The van der Waals surface area contributed by atoms with Crippen molar-refractivity contribution in [3.63, 3.8) is 0 Å². The average Bonchev–Trinajstić information content (AvgIpc) is 3.73. The van der Waals surface area contributed by atoms with Crippen molar-refractivity contribution in [3.05, 3.63) is 75.8 Å². The Balaban J connectivity index is 1.47. The molecular weight excluding hydrogens is 555 g/mol. The highest BCUT2D eigenvalue weighted by atomic mass is 35.5. The van der Waals surface area contributed by atoms with Gasteiger partial charge in [-0.05, 0) is 31.0 Å². The maximum Gasteiger partial charge on any atom is 0.251 e. The summed E-state index contributed by atoms with van der Waals surface area (Å²) < 4.78 is 59.4. The number of ether oxygens (including phenoxy) is 2. The smallest absolute Gasteiger partial charge is 0.251 e. The second-order valence-electron chi connectivity index (χ2n) is 11.2. The predicted octanol–water partition coefficient (Wildman–Crippen LogP) is 5.54. The molecule has 2 fully saturated rings. The molecule has 1 unspecified atom stereocenters. The van der Waals surface area contributed by atoms with Gasteiger partial charge in [-0.2, -0.15) is 0 Å². The Hall–Kier alpha value is -3.43. The third-order valence-corrected chi connectivity index (χ3v) is 9.28. The van der Waals surface area contributed by atoms with Gasteiger partial charge in [0.25, 0.3) is 5.91 Å². The summed E-state index contributed by atoms with van der Waals surface area (Å²) in [7, 11) is 1.43. The van der Waals surface area contributed by atoms with Crippen LogP contribution in [0.5, 0.6) is 11.5 Å². The topological polar surface area (TPSA) is 62.8 Å². The highest BCUT2D eigenvalue weighted by Crippen LogP contribution is 2.54. The van der Waals surface area contributed by atoms with Gasteiger partial charge in [-0.15, -0.1) is 0 Å². The van der Waals surface area contributed by atoms with Crippen LogP contribution in [0.4, 0.5) is 18.9 Å². The maximum absolute atomic E-state index is 16.9. The van der Waals surface area contributed by atoms with Gasteiger partial charge in [0.2, 0.25) is 0 Å². The number of benzene rings is 3. The van der Waals surface area contributed by atoms with Crippen LogP contribution in [-0.4, -0.2) is 50.9 Å². The number of halogens is 4. The van der Waals surface area contributed by atoms with Gasteiger partial charge >= 0.3 is 0 Å². The van der Waals surface area contributed by atoms with E-state index in [0.717, 1.165) is 24.9 Å². The summed E-state index contributed by atoms with van der Waals surface area (Å²) in [5, 5.41) is 5.78. The number of hydrogen-bond acceptors (Lipinski definition) is 5. The van der Waals surface area contributed by atoms with E-state index >= 15 is 8.78 Å². The van der Waals surface area contributed by atoms with Crippen LogP contribution in [0.15, 0.2) is 42.5 Å². The van der Waals surface area contributed by atoms with Crippen LogP contribution in [0.1, 0.15) is 40.7 Å².